The third kappa shape index (κ3) is 3.51. The lowest BCUT2D eigenvalue weighted by molar-refractivity contribution is 0.507. The lowest BCUT2D eigenvalue weighted by Crippen LogP contribution is -2.11. The second-order valence-electron chi connectivity index (χ2n) is 4.49. The van der Waals surface area contributed by atoms with Crippen LogP contribution in [0.4, 0.5) is 0 Å². The largest absolute Gasteiger partial charge is 0.324 e. The van der Waals surface area contributed by atoms with Crippen molar-refractivity contribution in [2.75, 3.05) is 0 Å². The maximum Gasteiger partial charge on any atom is 0.0295 e. The summed E-state index contributed by atoms with van der Waals surface area (Å²) in [6.45, 7) is 6.59. The maximum atomic E-state index is 6.11. The zero-order chi connectivity index (χ0) is 10.6. The van der Waals surface area contributed by atoms with Crippen molar-refractivity contribution in [3.05, 3.63) is 35.4 Å². The van der Waals surface area contributed by atoms with Crippen molar-refractivity contribution in [2.45, 2.75) is 39.7 Å². The molecule has 0 heterocycles. The maximum absolute atomic E-state index is 6.11. The van der Waals surface area contributed by atoms with Gasteiger partial charge in [-0.2, -0.15) is 0 Å². The molecule has 0 saturated heterocycles. The van der Waals surface area contributed by atoms with E-state index in [2.05, 4.69) is 45.0 Å². The van der Waals surface area contributed by atoms with Crippen LogP contribution in [0.15, 0.2) is 24.3 Å². The molecule has 0 radical (unpaired) electrons. The second kappa shape index (κ2) is 5.16. The van der Waals surface area contributed by atoms with Gasteiger partial charge in [0.15, 0.2) is 0 Å². The summed E-state index contributed by atoms with van der Waals surface area (Å²) in [5.41, 5.74) is 8.68. The Bertz CT molecular complexity index is 278. The predicted molar refractivity (Wildman–Crippen MR) is 62.2 cm³/mol. The zero-order valence-corrected chi connectivity index (χ0v) is 9.46. The summed E-state index contributed by atoms with van der Waals surface area (Å²) in [5.74, 6) is 0.742. The van der Waals surface area contributed by atoms with E-state index in [1.54, 1.807) is 0 Å². The third-order valence-electron chi connectivity index (χ3n) is 2.53. The standard InChI is InChI=1S/C13H21N/c1-10(2)7-8-13(14)12-6-4-5-11(3)9-12/h4-6,9-10,13H,7-8,14H2,1-3H3/t13-/m0/s1. The Kier molecular flexibility index (Phi) is 4.15. The van der Waals surface area contributed by atoms with Crippen molar-refractivity contribution >= 4 is 0 Å². The van der Waals surface area contributed by atoms with Crippen LogP contribution in [-0.2, 0) is 0 Å². The topological polar surface area (TPSA) is 26.0 Å². The Hall–Kier alpha value is -0.820. The Morgan fingerprint density at radius 1 is 1.21 bits per heavy atom. The highest BCUT2D eigenvalue weighted by atomic mass is 14.6. The molecule has 2 N–H and O–H groups in total. The summed E-state index contributed by atoms with van der Waals surface area (Å²) < 4.78 is 0. The molecule has 0 aliphatic heterocycles. The van der Waals surface area contributed by atoms with E-state index in [0.29, 0.717) is 0 Å². The number of hydrogen-bond acceptors (Lipinski definition) is 1. The average Bonchev–Trinajstić information content (AvgIpc) is 2.14. The normalized spacial score (nSPS) is 13.2. The number of rotatable bonds is 4. The first-order chi connectivity index (χ1) is 6.59. The number of hydrogen-bond donors (Lipinski definition) is 1. The first-order valence-corrected chi connectivity index (χ1v) is 5.41. The van der Waals surface area contributed by atoms with Crippen LogP contribution in [-0.4, -0.2) is 0 Å². The molecule has 1 heteroatoms. The van der Waals surface area contributed by atoms with Gasteiger partial charge in [0.2, 0.25) is 0 Å². The molecule has 1 atom stereocenters. The van der Waals surface area contributed by atoms with E-state index >= 15 is 0 Å². The summed E-state index contributed by atoms with van der Waals surface area (Å²) in [6, 6.07) is 8.71. The zero-order valence-electron chi connectivity index (χ0n) is 9.46. The lowest BCUT2D eigenvalue weighted by Gasteiger charge is -2.13. The van der Waals surface area contributed by atoms with Crippen molar-refractivity contribution in [1.29, 1.82) is 0 Å². The summed E-state index contributed by atoms with van der Waals surface area (Å²) in [4.78, 5) is 0. The molecule has 0 bridgehead atoms. The van der Waals surface area contributed by atoms with E-state index in [9.17, 15) is 0 Å². The van der Waals surface area contributed by atoms with Crippen LogP contribution in [0.25, 0.3) is 0 Å². The van der Waals surface area contributed by atoms with Gasteiger partial charge in [-0.3, -0.25) is 0 Å². The van der Waals surface area contributed by atoms with Crippen molar-refractivity contribution in [3.63, 3.8) is 0 Å². The van der Waals surface area contributed by atoms with E-state index in [1.165, 1.54) is 17.5 Å². The fourth-order valence-corrected chi connectivity index (χ4v) is 1.58. The van der Waals surface area contributed by atoms with Crippen molar-refractivity contribution in [3.8, 4) is 0 Å². The van der Waals surface area contributed by atoms with Gasteiger partial charge in [0, 0.05) is 6.04 Å². The molecule has 1 aromatic rings. The smallest absolute Gasteiger partial charge is 0.0295 e. The van der Waals surface area contributed by atoms with Crippen LogP contribution < -0.4 is 5.73 Å². The fourth-order valence-electron chi connectivity index (χ4n) is 1.58. The molecular weight excluding hydrogens is 170 g/mol. The van der Waals surface area contributed by atoms with E-state index in [-0.39, 0.29) is 6.04 Å². The molecule has 0 saturated carbocycles. The molecule has 0 aromatic heterocycles. The van der Waals surface area contributed by atoms with Gasteiger partial charge < -0.3 is 5.73 Å². The molecule has 0 spiro atoms. The quantitative estimate of drug-likeness (QED) is 0.775. The van der Waals surface area contributed by atoms with Gasteiger partial charge in [-0.1, -0.05) is 43.7 Å². The summed E-state index contributed by atoms with van der Waals surface area (Å²) in [5, 5.41) is 0. The second-order valence-corrected chi connectivity index (χ2v) is 4.49. The average molecular weight is 191 g/mol. The van der Waals surface area contributed by atoms with E-state index < -0.39 is 0 Å². The molecular formula is C13H21N. The van der Waals surface area contributed by atoms with Crippen molar-refractivity contribution < 1.29 is 0 Å². The minimum Gasteiger partial charge on any atom is -0.324 e. The van der Waals surface area contributed by atoms with Crippen LogP contribution in [0, 0.1) is 12.8 Å². The summed E-state index contributed by atoms with van der Waals surface area (Å²) in [6.07, 6.45) is 2.29. The van der Waals surface area contributed by atoms with Gasteiger partial charge in [0.1, 0.15) is 0 Å². The summed E-state index contributed by atoms with van der Waals surface area (Å²) >= 11 is 0. The van der Waals surface area contributed by atoms with Crippen molar-refractivity contribution in [2.24, 2.45) is 11.7 Å². The Morgan fingerprint density at radius 2 is 1.93 bits per heavy atom. The van der Waals surface area contributed by atoms with E-state index in [4.69, 9.17) is 5.73 Å². The van der Waals surface area contributed by atoms with Gasteiger partial charge in [0.05, 0.1) is 0 Å². The molecule has 0 aliphatic carbocycles. The SMILES string of the molecule is Cc1cccc([C@@H](N)CCC(C)C)c1. The van der Waals surface area contributed by atoms with E-state index in [1.807, 2.05) is 0 Å². The molecule has 14 heavy (non-hydrogen) atoms. The summed E-state index contributed by atoms with van der Waals surface area (Å²) in [7, 11) is 0. The molecule has 0 unspecified atom stereocenters. The molecule has 1 nitrogen and oxygen atoms in total. The van der Waals surface area contributed by atoms with Crippen LogP contribution >= 0.6 is 0 Å². The minimum absolute atomic E-state index is 0.206. The Balaban J connectivity index is 2.56. The van der Waals surface area contributed by atoms with E-state index in [0.717, 1.165) is 12.3 Å². The Labute approximate surface area is 87.3 Å². The highest BCUT2D eigenvalue weighted by Crippen LogP contribution is 2.19. The molecule has 0 amide bonds. The minimum atomic E-state index is 0.206. The third-order valence-corrected chi connectivity index (χ3v) is 2.53. The van der Waals surface area contributed by atoms with Gasteiger partial charge in [-0.05, 0) is 31.2 Å². The molecule has 1 rings (SSSR count). The van der Waals surface area contributed by atoms with Crippen LogP contribution in [0.3, 0.4) is 0 Å². The van der Waals surface area contributed by atoms with Crippen LogP contribution in [0.2, 0.25) is 0 Å². The van der Waals surface area contributed by atoms with Crippen LogP contribution in [0.5, 0.6) is 0 Å². The number of aryl methyl sites for hydroxylation is 1. The van der Waals surface area contributed by atoms with Crippen LogP contribution in [0.1, 0.15) is 43.9 Å². The number of benzene rings is 1. The fraction of sp³-hybridized carbons (Fsp3) is 0.538. The van der Waals surface area contributed by atoms with Crippen molar-refractivity contribution in [1.82, 2.24) is 0 Å². The highest BCUT2D eigenvalue weighted by molar-refractivity contribution is 5.24. The van der Waals surface area contributed by atoms with Gasteiger partial charge >= 0.3 is 0 Å². The lowest BCUT2D eigenvalue weighted by atomic mass is 9.97. The van der Waals surface area contributed by atoms with Gasteiger partial charge in [-0.15, -0.1) is 0 Å². The number of nitrogens with two attached hydrogens (primary N) is 1. The van der Waals surface area contributed by atoms with Gasteiger partial charge in [-0.25, -0.2) is 0 Å². The Morgan fingerprint density at radius 3 is 2.50 bits per heavy atom. The van der Waals surface area contributed by atoms with Gasteiger partial charge in [0.25, 0.3) is 0 Å². The highest BCUT2D eigenvalue weighted by Gasteiger charge is 2.06. The molecule has 0 fully saturated rings. The molecule has 78 valence electrons. The monoisotopic (exact) mass is 191 g/mol. The predicted octanol–water partition coefficient (Wildman–Crippen LogP) is 3.43. The first-order valence-electron chi connectivity index (χ1n) is 5.41. The molecule has 0 aliphatic rings. The molecule has 1 aromatic carbocycles. The first kappa shape index (κ1) is 11.3.